The minimum Gasteiger partial charge on any atom is -0.339 e. The zero-order valence-corrected chi connectivity index (χ0v) is 10.8. The van der Waals surface area contributed by atoms with Gasteiger partial charge < -0.3 is 10.2 Å². The van der Waals surface area contributed by atoms with E-state index in [1.807, 2.05) is 11.8 Å². The normalized spacial score (nSPS) is 18.1. The van der Waals surface area contributed by atoms with Gasteiger partial charge in [-0.05, 0) is 12.5 Å². The zero-order chi connectivity index (χ0) is 12.0. The van der Waals surface area contributed by atoms with Crippen molar-refractivity contribution in [2.24, 2.45) is 5.92 Å². The fourth-order valence-corrected chi connectivity index (χ4v) is 2.04. The Morgan fingerprint density at radius 1 is 1.25 bits per heavy atom. The maximum atomic E-state index is 11.7. The summed E-state index contributed by atoms with van der Waals surface area (Å²) in [6.45, 7) is 12.8. The topological polar surface area (TPSA) is 35.6 Å². The van der Waals surface area contributed by atoms with Crippen LogP contribution in [0.1, 0.15) is 20.8 Å². The van der Waals surface area contributed by atoms with Crippen molar-refractivity contribution in [1.82, 2.24) is 15.1 Å². The summed E-state index contributed by atoms with van der Waals surface area (Å²) in [5, 5.41) is 3.08. The lowest BCUT2D eigenvalue weighted by molar-refractivity contribution is -0.132. The van der Waals surface area contributed by atoms with Crippen molar-refractivity contribution < 1.29 is 4.79 Å². The van der Waals surface area contributed by atoms with E-state index in [2.05, 4.69) is 24.1 Å². The SMILES string of the molecule is CCNCC(=O)N1CCN(CC(C)C)CC1. The molecular weight excluding hydrogens is 202 g/mol. The Labute approximate surface area is 99.0 Å². The van der Waals surface area contributed by atoms with E-state index in [0.717, 1.165) is 39.3 Å². The highest BCUT2D eigenvalue weighted by Gasteiger charge is 2.20. The van der Waals surface area contributed by atoms with E-state index in [1.54, 1.807) is 0 Å². The van der Waals surface area contributed by atoms with Gasteiger partial charge in [0.2, 0.25) is 5.91 Å². The number of nitrogens with one attached hydrogen (secondary N) is 1. The number of nitrogens with zero attached hydrogens (tertiary/aromatic N) is 2. The van der Waals surface area contributed by atoms with Crippen LogP contribution in [0, 0.1) is 5.92 Å². The van der Waals surface area contributed by atoms with Crippen molar-refractivity contribution in [2.75, 3.05) is 45.8 Å². The standard InChI is InChI=1S/C12H25N3O/c1-4-13-9-12(16)15-7-5-14(6-8-15)10-11(2)3/h11,13H,4-10H2,1-3H3. The van der Waals surface area contributed by atoms with Gasteiger partial charge in [-0.1, -0.05) is 20.8 Å². The van der Waals surface area contributed by atoms with Crippen molar-refractivity contribution in [3.63, 3.8) is 0 Å². The molecule has 1 aliphatic rings. The predicted molar refractivity (Wildman–Crippen MR) is 66.4 cm³/mol. The first-order valence-corrected chi connectivity index (χ1v) is 6.34. The lowest BCUT2D eigenvalue weighted by atomic mass is 10.2. The van der Waals surface area contributed by atoms with Gasteiger partial charge in [0.05, 0.1) is 6.54 Å². The first kappa shape index (κ1) is 13.5. The average molecular weight is 227 g/mol. The maximum Gasteiger partial charge on any atom is 0.236 e. The van der Waals surface area contributed by atoms with Crippen LogP contribution in [0.5, 0.6) is 0 Å². The Morgan fingerprint density at radius 3 is 2.38 bits per heavy atom. The number of hydrogen-bond donors (Lipinski definition) is 1. The summed E-state index contributed by atoms with van der Waals surface area (Å²) in [5.41, 5.74) is 0. The summed E-state index contributed by atoms with van der Waals surface area (Å²) in [7, 11) is 0. The molecule has 0 spiro atoms. The molecule has 0 saturated carbocycles. The predicted octanol–water partition coefficient (Wildman–Crippen LogP) is 0.396. The third-order valence-corrected chi connectivity index (χ3v) is 2.87. The Morgan fingerprint density at radius 2 is 1.88 bits per heavy atom. The fraction of sp³-hybridized carbons (Fsp3) is 0.917. The Balaban J connectivity index is 2.23. The molecule has 0 atom stereocenters. The molecule has 1 amide bonds. The van der Waals surface area contributed by atoms with E-state index < -0.39 is 0 Å². The molecule has 0 aromatic rings. The molecule has 1 fully saturated rings. The molecule has 4 heteroatoms. The van der Waals surface area contributed by atoms with Crippen LogP contribution in [-0.2, 0) is 4.79 Å². The number of rotatable bonds is 5. The molecule has 0 unspecified atom stereocenters. The van der Waals surface area contributed by atoms with Gasteiger partial charge in [0, 0.05) is 32.7 Å². The van der Waals surface area contributed by atoms with Crippen LogP contribution < -0.4 is 5.32 Å². The molecule has 0 aromatic carbocycles. The fourth-order valence-electron chi connectivity index (χ4n) is 2.04. The second kappa shape index (κ2) is 6.86. The van der Waals surface area contributed by atoms with E-state index in [1.165, 1.54) is 0 Å². The third kappa shape index (κ3) is 4.49. The first-order chi connectivity index (χ1) is 7.63. The van der Waals surface area contributed by atoms with Gasteiger partial charge >= 0.3 is 0 Å². The van der Waals surface area contributed by atoms with E-state index in [9.17, 15) is 4.79 Å². The summed E-state index contributed by atoms with van der Waals surface area (Å²) < 4.78 is 0. The van der Waals surface area contributed by atoms with Crippen molar-refractivity contribution in [3.8, 4) is 0 Å². The van der Waals surface area contributed by atoms with E-state index >= 15 is 0 Å². The minimum atomic E-state index is 0.242. The van der Waals surface area contributed by atoms with Crippen LogP contribution in [0.3, 0.4) is 0 Å². The van der Waals surface area contributed by atoms with Gasteiger partial charge in [-0.15, -0.1) is 0 Å². The number of carbonyl (C=O) groups excluding carboxylic acids is 1. The molecule has 0 bridgehead atoms. The smallest absolute Gasteiger partial charge is 0.236 e. The zero-order valence-electron chi connectivity index (χ0n) is 10.8. The van der Waals surface area contributed by atoms with Crippen LogP contribution in [-0.4, -0.2) is 61.5 Å². The summed E-state index contributed by atoms with van der Waals surface area (Å²) >= 11 is 0. The van der Waals surface area contributed by atoms with Crippen LogP contribution in [0.15, 0.2) is 0 Å². The largest absolute Gasteiger partial charge is 0.339 e. The highest BCUT2D eigenvalue weighted by Crippen LogP contribution is 2.05. The minimum absolute atomic E-state index is 0.242. The number of hydrogen-bond acceptors (Lipinski definition) is 3. The molecule has 0 aliphatic carbocycles. The third-order valence-electron chi connectivity index (χ3n) is 2.87. The van der Waals surface area contributed by atoms with Gasteiger partial charge in [-0.2, -0.15) is 0 Å². The van der Waals surface area contributed by atoms with Crippen LogP contribution in [0.4, 0.5) is 0 Å². The van der Waals surface area contributed by atoms with Gasteiger partial charge in [0.15, 0.2) is 0 Å². The molecule has 1 saturated heterocycles. The van der Waals surface area contributed by atoms with Gasteiger partial charge in [0.25, 0.3) is 0 Å². The number of piperazine rings is 1. The molecule has 94 valence electrons. The summed E-state index contributed by atoms with van der Waals surface area (Å²) in [6.07, 6.45) is 0. The van der Waals surface area contributed by atoms with Crippen molar-refractivity contribution >= 4 is 5.91 Å². The lowest BCUT2D eigenvalue weighted by Gasteiger charge is -2.35. The monoisotopic (exact) mass is 227 g/mol. The van der Waals surface area contributed by atoms with Crippen molar-refractivity contribution in [3.05, 3.63) is 0 Å². The quantitative estimate of drug-likeness (QED) is 0.738. The molecule has 0 radical (unpaired) electrons. The van der Waals surface area contributed by atoms with Crippen molar-refractivity contribution in [2.45, 2.75) is 20.8 Å². The maximum absolute atomic E-state index is 11.7. The Hall–Kier alpha value is -0.610. The first-order valence-electron chi connectivity index (χ1n) is 6.34. The molecule has 16 heavy (non-hydrogen) atoms. The summed E-state index contributed by atoms with van der Waals surface area (Å²) in [4.78, 5) is 16.1. The Bertz CT molecular complexity index is 210. The average Bonchev–Trinajstić information content (AvgIpc) is 2.26. The molecule has 1 aliphatic heterocycles. The van der Waals surface area contributed by atoms with Crippen molar-refractivity contribution in [1.29, 1.82) is 0 Å². The molecule has 1 N–H and O–H groups in total. The highest BCUT2D eigenvalue weighted by atomic mass is 16.2. The van der Waals surface area contributed by atoms with Crippen LogP contribution in [0.2, 0.25) is 0 Å². The lowest BCUT2D eigenvalue weighted by Crippen LogP contribution is -2.51. The number of carbonyl (C=O) groups is 1. The number of amides is 1. The van der Waals surface area contributed by atoms with Gasteiger partial charge in [-0.3, -0.25) is 9.69 Å². The second-order valence-corrected chi connectivity index (χ2v) is 4.86. The molecule has 4 nitrogen and oxygen atoms in total. The van der Waals surface area contributed by atoms with Gasteiger partial charge in [0.1, 0.15) is 0 Å². The molecule has 1 rings (SSSR count). The second-order valence-electron chi connectivity index (χ2n) is 4.86. The molecule has 0 aromatic heterocycles. The van der Waals surface area contributed by atoms with Crippen LogP contribution in [0.25, 0.3) is 0 Å². The highest BCUT2D eigenvalue weighted by molar-refractivity contribution is 5.78. The summed E-state index contributed by atoms with van der Waals surface area (Å²) in [5.74, 6) is 0.954. The van der Waals surface area contributed by atoms with E-state index in [4.69, 9.17) is 0 Å². The van der Waals surface area contributed by atoms with Crippen LogP contribution >= 0.6 is 0 Å². The number of likely N-dealkylation sites (N-methyl/N-ethyl adjacent to an activating group) is 1. The van der Waals surface area contributed by atoms with E-state index in [0.29, 0.717) is 12.5 Å². The molecular formula is C12H25N3O. The van der Waals surface area contributed by atoms with Gasteiger partial charge in [-0.25, -0.2) is 0 Å². The van der Waals surface area contributed by atoms with E-state index in [-0.39, 0.29) is 5.91 Å². The Kier molecular flexibility index (Phi) is 5.77. The summed E-state index contributed by atoms with van der Waals surface area (Å²) in [6, 6.07) is 0. The molecule has 1 heterocycles.